The molecule has 0 amide bonds. The average Bonchev–Trinajstić information content (AvgIpc) is 1.96. The van der Waals surface area contributed by atoms with Crippen molar-refractivity contribution in [3.05, 3.63) is 22.8 Å². The highest BCUT2D eigenvalue weighted by molar-refractivity contribution is 8.00. The zero-order valence-electron chi connectivity index (χ0n) is 7.53. The molecule has 70 valence electrons. The fraction of sp³-hybridized carbons (Fsp3) is 0.750. The van der Waals surface area contributed by atoms with Gasteiger partial charge in [-0.05, 0) is 5.92 Å². The van der Waals surface area contributed by atoms with Gasteiger partial charge in [0.25, 0.3) is 0 Å². The Kier molecular flexibility index (Phi) is 5.80. The summed E-state index contributed by atoms with van der Waals surface area (Å²) in [5.74, 6) is 1.14. The molecular weight excluding hydrogens is 174 g/mol. The standard InChI is InChI=1S/C8H15NO2S/c1-4-5-12-8(7(2)3)6-9(10)11/h4,7-8H,1,5-6H2,2-3H3. The number of hydrogen-bond donors (Lipinski definition) is 0. The van der Waals surface area contributed by atoms with Crippen LogP contribution in [0.3, 0.4) is 0 Å². The third-order valence-electron chi connectivity index (χ3n) is 1.50. The van der Waals surface area contributed by atoms with Crippen molar-refractivity contribution < 1.29 is 4.92 Å². The molecular formula is C8H15NO2S. The molecule has 0 aromatic rings. The van der Waals surface area contributed by atoms with E-state index < -0.39 is 0 Å². The Hall–Kier alpha value is -0.510. The van der Waals surface area contributed by atoms with Crippen LogP contribution in [0.5, 0.6) is 0 Å². The second-order valence-corrected chi connectivity index (χ2v) is 4.19. The SMILES string of the molecule is C=CCSC(C[N+](=O)[O-])C(C)C. The summed E-state index contributed by atoms with van der Waals surface area (Å²) in [4.78, 5) is 9.99. The minimum absolute atomic E-state index is 0.0518. The highest BCUT2D eigenvalue weighted by atomic mass is 32.2. The molecule has 0 bridgehead atoms. The second kappa shape index (κ2) is 6.06. The minimum Gasteiger partial charge on any atom is -0.265 e. The lowest BCUT2D eigenvalue weighted by molar-refractivity contribution is -0.480. The van der Waals surface area contributed by atoms with Crippen LogP contribution < -0.4 is 0 Å². The summed E-state index contributed by atoms with van der Waals surface area (Å²) in [6, 6.07) is 0. The minimum atomic E-state index is -0.249. The van der Waals surface area contributed by atoms with Gasteiger partial charge >= 0.3 is 0 Å². The Bertz CT molecular complexity index is 159. The topological polar surface area (TPSA) is 43.1 Å². The van der Waals surface area contributed by atoms with Gasteiger partial charge in [-0.3, -0.25) is 10.1 Å². The normalized spacial score (nSPS) is 12.9. The van der Waals surface area contributed by atoms with Gasteiger partial charge in [0.15, 0.2) is 0 Å². The molecule has 0 aromatic heterocycles. The lowest BCUT2D eigenvalue weighted by Crippen LogP contribution is -2.22. The number of nitrogens with zero attached hydrogens (tertiary/aromatic N) is 1. The van der Waals surface area contributed by atoms with E-state index in [1.165, 1.54) is 0 Å². The molecule has 0 radical (unpaired) electrons. The largest absolute Gasteiger partial charge is 0.265 e. The summed E-state index contributed by atoms with van der Waals surface area (Å²) in [5, 5.41) is 10.4. The zero-order chi connectivity index (χ0) is 9.56. The molecule has 12 heavy (non-hydrogen) atoms. The Morgan fingerprint density at radius 2 is 2.25 bits per heavy atom. The van der Waals surface area contributed by atoms with Gasteiger partial charge in [0.05, 0.1) is 5.25 Å². The molecule has 0 spiro atoms. The molecule has 0 aliphatic heterocycles. The summed E-state index contributed by atoms with van der Waals surface area (Å²) >= 11 is 1.60. The van der Waals surface area contributed by atoms with Crippen LogP contribution >= 0.6 is 11.8 Å². The molecule has 0 N–H and O–H groups in total. The maximum Gasteiger partial charge on any atom is 0.215 e. The van der Waals surface area contributed by atoms with Crippen LogP contribution in [0.15, 0.2) is 12.7 Å². The zero-order valence-corrected chi connectivity index (χ0v) is 8.34. The number of hydrogen-bond acceptors (Lipinski definition) is 3. The second-order valence-electron chi connectivity index (χ2n) is 2.92. The van der Waals surface area contributed by atoms with Crippen LogP contribution in [-0.4, -0.2) is 22.5 Å². The van der Waals surface area contributed by atoms with Crippen molar-refractivity contribution in [1.82, 2.24) is 0 Å². The monoisotopic (exact) mass is 189 g/mol. The molecule has 0 aliphatic rings. The predicted molar refractivity (Wildman–Crippen MR) is 53.1 cm³/mol. The first-order valence-corrected chi connectivity index (χ1v) is 4.97. The maximum absolute atomic E-state index is 10.2. The van der Waals surface area contributed by atoms with E-state index in [1.807, 2.05) is 13.8 Å². The smallest absolute Gasteiger partial charge is 0.215 e. The number of rotatable bonds is 6. The van der Waals surface area contributed by atoms with Gasteiger partial charge in [0.1, 0.15) is 0 Å². The van der Waals surface area contributed by atoms with E-state index >= 15 is 0 Å². The summed E-state index contributed by atoms with van der Waals surface area (Å²) in [6.45, 7) is 7.64. The van der Waals surface area contributed by atoms with E-state index in [0.29, 0.717) is 5.92 Å². The summed E-state index contributed by atoms with van der Waals surface area (Å²) in [5.41, 5.74) is 0. The van der Waals surface area contributed by atoms with Gasteiger partial charge < -0.3 is 0 Å². The first kappa shape index (κ1) is 11.5. The van der Waals surface area contributed by atoms with E-state index in [-0.39, 0.29) is 16.7 Å². The first-order chi connectivity index (χ1) is 5.57. The molecule has 1 atom stereocenters. The van der Waals surface area contributed by atoms with Crippen molar-refractivity contribution in [3.63, 3.8) is 0 Å². The third kappa shape index (κ3) is 5.18. The fourth-order valence-electron chi connectivity index (χ4n) is 0.795. The van der Waals surface area contributed by atoms with Crippen molar-refractivity contribution in [2.24, 2.45) is 5.92 Å². The van der Waals surface area contributed by atoms with Crippen molar-refractivity contribution in [1.29, 1.82) is 0 Å². The molecule has 3 nitrogen and oxygen atoms in total. The first-order valence-electron chi connectivity index (χ1n) is 3.92. The van der Waals surface area contributed by atoms with Gasteiger partial charge in [0.2, 0.25) is 6.54 Å². The van der Waals surface area contributed by atoms with E-state index in [9.17, 15) is 10.1 Å². The Balaban J connectivity index is 3.85. The lowest BCUT2D eigenvalue weighted by Gasteiger charge is -2.14. The lowest BCUT2D eigenvalue weighted by atomic mass is 10.1. The van der Waals surface area contributed by atoms with E-state index in [2.05, 4.69) is 6.58 Å². The third-order valence-corrected chi connectivity index (χ3v) is 3.05. The van der Waals surface area contributed by atoms with Crippen molar-refractivity contribution in [2.75, 3.05) is 12.3 Å². The molecule has 0 aliphatic carbocycles. The molecule has 0 saturated carbocycles. The van der Waals surface area contributed by atoms with Crippen LogP contribution in [-0.2, 0) is 0 Å². The average molecular weight is 189 g/mol. The van der Waals surface area contributed by atoms with Crippen LogP contribution in [0.2, 0.25) is 0 Å². The molecule has 0 fully saturated rings. The summed E-state index contributed by atoms with van der Waals surface area (Å²) in [7, 11) is 0. The molecule has 1 unspecified atom stereocenters. The fourth-order valence-corrected chi connectivity index (χ4v) is 1.79. The highest BCUT2D eigenvalue weighted by Crippen LogP contribution is 2.19. The highest BCUT2D eigenvalue weighted by Gasteiger charge is 2.18. The molecule has 0 saturated heterocycles. The van der Waals surface area contributed by atoms with Gasteiger partial charge in [-0.1, -0.05) is 19.9 Å². The van der Waals surface area contributed by atoms with Crippen molar-refractivity contribution >= 4 is 11.8 Å². The van der Waals surface area contributed by atoms with E-state index in [4.69, 9.17) is 0 Å². The number of thioether (sulfide) groups is 1. The van der Waals surface area contributed by atoms with Crippen LogP contribution in [0, 0.1) is 16.0 Å². The van der Waals surface area contributed by atoms with Crippen LogP contribution in [0.1, 0.15) is 13.8 Å². The van der Waals surface area contributed by atoms with Gasteiger partial charge in [-0.2, -0.15) is 0 Å². The molecule has 0 rings (SSSR count). The Labute approximate surface area is 77.4 Å². The molecule has 4 heteroatoms. The van der Waals surface area contributed by atoms with Crippen LogP contribution in [0.4, 0.5) is 0 Å². The maximum atomic E-state index is 10.2. The van der Waals surface area contributed by atoms with Gasteiger partial charge in [-0.15, -0.1) is 18.3 Å². The van der Waals surface area contributed by atoms with Gasteiger partial charge in [-0.25, -0.2) is 0 Å². The Morgan fingerprint density at radius 3 is 2.58 bits per heavy atom. The predicted octanol–water partition coefficient (Wildman–Crippen LogP) is 2.21. The molecule has 0 aromatic carbocycles. The Morgan fingerprint density at radius 1 is 1.67 bits per heavy atom. The van der Waals surface area contributed by atoms with Crippen molar-refractivity contribution in [3.8, 4) is 0 Å². The summed E-state index contributed by atoms with van der Waals surface area (Å²) in [6.07, 6.45) is 1.78. The summed E-state index contributed by atoms with van der Waals surface area (Å²) < 4.78 is 0. The number of nitro groups is 1. The van der Waals surface area contributed by atoms with Gasteiger partial charge in [0, 0.05) is 10.7 Å². The van der Waals surface area contributed by atoms with Crippen LogP contribution in [0.25, 0.3) is 0 Å². The quantitative estimate of drug-likeness (QED) is 0.365. The van der Waals surface area contributed by atoms with Crippen molar-refractivity contribution in [2.45, 2.75) is 19.1 Å². The van der Waals surface area contributed by atoms with E-state index in [0.717, 1.165) is 5.75 Å². The molecule has 0 heterocycles. The van der Waals surface area contributed by atoms with E-state index in [1.54, 1.807) is 17.8 Å².